The molecule has 1 saturated heterocycles. The Bertz CT molecular complexity index is 1000. The highest BCUT2D eigenvalue weighted by Gasteiger charge is 2.32. The largest absolute Gasteiger partial charge is 0.508 e. The Labute approximate surface area is 207 Å². The maximum Gasteiger partial charge on any atom is 0.333 e. The molecular weight excluding hydrogens is 483 g/mol. The molecule has 0 saturated carbocycles. The smallest absolute Gasteiger partial charge is 0.333 e. The SMILES string of the molecule is CC(CCCCCC(=O)ON1C(=O)CCC1=O)c1cc(O)ccc1/N=C(\C=C\Cl)/C=C(/Cl)C=O. The minimum atomic E-state index is -0.608. The molecule has 0 bridgehead atoms. The number of aldehydes is 1. The average Bonchev–Trinajstić information content (AvgIpc) is 3.11. The lowest BCUT2D eigenvalue weighted by atomic mass is 9.93. The van der Waals surface area contributed by atoms with Crippen molar-refractivity contribution in [3.8, 4) is 5.75 Å². The van der Waals surface area contributed by atoms with Gasteiger partial charge in [0, 0.05) is 24.8 Å². The lowest BCUT2D eigenvalue weighted by Crippen LogP contribution is -2.31. The van der Waals surface area contributed by atoms with Gasteiger partial charge in [-0.15, -0.1) is 5.06 Å². The van der Waals surface area contributed by atoms with Crippen LogP contribution in [0.5, 0.6) is 5.75 Å². The standard InChI is InChI=1S/C24H26Cl2N2O6/c1-16(5-3-2-4-6-24(33)34-28-22(31)9-10-23(28)32)20-14-19(30)7-8-21(20)27-18(11-12-25)13-17(26)15-29/h7-8,11-16,30H,2-6,9-10H2,1H3/b12-11+,17-13+,27-18+. The molecule has 34 heavy (non-hydrogen) atoms. The van der Waals surface area contributed by atoms with Crippen LogP contribution in [0.3, 0.4) is 0 Å². The van der Waals surface area contributed by atoms with E-state index in [2.05, 4.69) is 4.99 Å². The first kappa shape index (κ1) is 27.3. The second-order valence-corrected chi connectivity index (χ2v) is 8.45. The van der Waals surface area contributed by atoms with E-state index < -0.39 is 17.8 Å². The molecule has 0 aromatic heterocycles. The van der Waals surface area contributed by atoms with E-state index in [1.807, 2.05) is 6.92 Å². The molecule has 1 heterocycles. The van der Waals surface area contributed by atoms with E-state index in [1.165, 1.54) is 23.8 Å². The van der Waals surface area contributed by atoms with Gasteiger partial charge in [0.15, 0.2) is 6.29 Å². The van der Waals surface area contributed by atoms with Gasteiger partial charge >= 0.3 is 5.97 Å². The first-order valence-corrected chi connectivity index (χ1v) is 11.6. The van der Waals surface area contributed by atoms with Gasteiger partial charge < -0.3 is 9.94 Å². The van der Waals surface area contributed by atoms with E-state index in [4.69, 9.17) is 28.0 Å². The van der Waals surface area contributed by atoms with Crippen molar-refractivity contribution < 1.29 is 29.1 Å². The van der Waals surface area contributed by atoms with Crippen LogP contribution in [0.4, 0.5) is 5.69 Å². The van der Waals surface area contributed by atoms with Gasteiger partial charge in [-0.1, -0.05) is 43.0 Å². The third-order valence-corrected chi connectivity index (χ3v) is 5.46. The number of hydrogen-bond donors (Lipinski definition) is 1. The Morgan fingerprint density at radius 3 is 2.59 bits per heavy atom. The monoisotopic (exact) mass is 508 g/mol. The number of unbranched alkanes of at least 4 members (excludes halogenated alkanes) is 2. The fraction of sp³-hybridized carbons (Fsp3) is 0.375. The predicted octanol–water partition coefficient (Wildman–Crippen LogP) is 5.20. The van der Waals surface area contributed by atoms with Gasteiger partial charge in [-0.25, -0.2) is 9.79 Å². The molecule has 2 amide bonds. The summed E-state index contributed by atoms with van der Waals surface area (Å²) in [7, 11) is 0. The first-order chi connectivity index (χ1) is 16.2. The predicted molar refractivity (Wildman–Crippen MR) is 129 cm³/mol. The van der Waals surface area contributed by atoms with E-state index in [-0.39, 0.29) is 36.0 Å². The average molecular weight is 509 g/mol. The van der Waals surface area contributed by atoms with Crippen LogP contribution in [-0.4, -0.2) is 40.0 Å². The Morgan fingerprint density at radius 1 is 1.24 bits per heavy atom. The summed E-state index contributed by atoms with van der Waals surface area (Å²) in [6.45, 7) is 2.00. The minimum Gasteiger partial charge on any atom is -0.508 e. The first-order valence-electron chi connectivity index (χ1n) is 10.8. The topological polar surface area (TPSA) is 113 Å². The number of rotatable bonds is 12. The molecule has 1 aromatic carbocycles. The van der Waals surface area contributed by atoms with Gasteiger partial charge in [0.2, 0.25) is 0 Å². The zero-order valence-corrected chi connectivity index (χ0v) is 20.2. The number of allylic oxidation sites excluding steroid dienone is 3. The van der Waals surface area contributed by atoms with E-state index in [0.717, 1.165) is 24.8 Å². The van der Waals surface area contributed by atoms with Gasteiger partial charge in [-0.05, 0) is 54.7 Å². The number of nitrogens with zero attached hydrogens (tertiary/aromatic N) is 2. The molecule has 0 radical (unpaired) electrons. The number of aromatic hydroxyl groups is 1. The molecule has 0 aliphatic carbocycles. The van der Waals surface area contributed by atoms with Crippen molar-refractivity contribution in [3.63, 3.8) is 0 Å². The minimum absolute atomic E-state index is 0.0288. The van der Waals surface area contributed by atoms with E-state index in [1.54, 1.807) is 12.1 Å². The third-order valence-electron chi connectivity index (χ3n) is 5.14. The molecule has 1 unspecified atom stereocenters. The van der Waals surface area contributed by atoms with Crippen LogP contribution in [0.25, 0.3) is 0 Å². The molecule has 1 aliphatic rings. The number of benzene rings is 1. The van der Waals surface area contributed by atoms with Crippen LogP contribution in [-0.2, 0) is 24.0 Å². The fourth-order valence-electron chi connectivity index (χ4n) is 3.39. The summed E-state index contributed by atoms with van der Waals surface area (Å²) in [4.78, 5) is 55.1. The highest BCUT2D eigenvalue weighted by Crippen LogP contribution is 2.33. The van der Waals surface area contributed by atoms with Crippen molar-refractivity contribution in [1.82, 2.24) is 5.06 Å². The second-order valence-electron chi connectivity index (χ2n) is 7.77. The number of imide groups is 1. The van der Waals surface area contributed by atoms with E-state index in [9.17, 15) is 24.3 Å². The normalized spacial score (nSPS) is 15.8. The quantitative estimate of drug-likeness (QED) is 0.136. The number of hydroxylamine groups is 2. The number of hydrogen-bond acceptors (Lipinski definition) is 7. The molecule has 182 valence electrons. The molecular formula is C24H26Cl2N2O6. The van der Waals surface area contributed by atoms with Crippen LogP contribution in [0.2, 0.25) is 0 Å². The van der Waals surface area contributed by atoms with Gasteiger partial charge in [0.25, 0.3) is 11.8 Å². The number of halogens is 2. The molecule has 8 nitrogen and oxygen atoms in total. The molecule has 1 aliphatic heterocycles. The molecule has 1 aromatic rings. The second kappa shape index (κ2) is 13.7. The number of carbonyl (C=O) groups is 4. The van der Waals surface area contributed by atoms with Crippen molar-refractivity contribution in [2.75, 3.05) is 0 Å². The Morgan fingerprint density at radius 2 is 1.94 bits per heavy atom. The van der Waals surface area contributed by atoms with Crippen molar-refractivity contribution in [2.24, 2.45) is 4.99 Å². The molecule has 2 rings (SSSR count). The fourth-order valence-corrected chi connectivity index (χ4v) is 3.63. The lowest BCUT2D eigenvalue weighted by molar-refractivity contribution is -0.197. The summed E-state index contributed by atoms with van der Waals surface area (Å²) in [5, 5.41) is 10.5. The number of carbonyl (C=O) groups excluding carboxylic acids is 4. The van der Waals surface area contributed by atoms with Gasteiger partial charge in [-0.2, -0.15) is 0 Å². The maximum absolute atomic E-state index is 11.9. The van der Waals surface area contributed by atoms with Gasteiger partial charge in [0.05, 0.1) is 16.4 Å². The van der Waals surface area contributed by atoms with Gasteiger partial charge in [-0.3, -0.25) is 14.4 Å². The van der Waals surface area contributed by atoms with Crippen LogP contribution in [0, 0.1) is 0 Å². The zero-order chi connectivity index (χ0) is 25.1. The number of phenols is 1. The van der Waals surface area contributed by atoms with E-state index >= 15 is 0 Å². The number of aliphatic imine (C=N–C) groups is 1. The van der Waals surface area contributed by atoms with Crippen LogP contribution in [0.1, 0.15) is 63.4 Å². The molecule has 1 N–H and O–H groups in total. The Balaban J connectivity index is 1.94. The van der Waals surface area contributed by atoms with Crippen LogP contribution in [0.15, 0.2) is 45.9 Å². The summed E-state index contributed by atoms with van der Waals surface area (Å²) >= 11 is 11.5. The summed E-state index contributed by atoms with van der Waals surface area (Å²) in [5.41, 5.74) is 3.04. The zero-order valence-electron chi connectivity index (χ0n) is 18.7. The summed E-state index contributed by atoms with van der Waals surface area (Å²) in [6.07, 6.45) is 6.44. The van der Waals surface area contributed by atoms with Crippen molar-refractivity contribution >= 4 is 58.7 Å². The van der Waals surface area contributed by atoms with Crippen molar-refractivity contribution in [3.05, 3.63) is 46.5 Å². The Hall–Kier alpha value is -2.97. The third kappa shape index (κ3) is 8.43. The Kier molecular flexibility index (Phi) is 11.0. The molecule has 1 atom stereocenters. The number of phenolic OH excluding ortho intramolecular Hbond substituents is 1. The van der Waals surface area contributed by atoms with Gasteiger partial charge in [0.1, 0.15) is 5.75 Å². The van der Waals surface area contributed by atoms with Crippen molar-refractivity contribution in [1.29, 1.82) is 0 Å². The highest BCUT2D eigenvalue weighted by atomic mass is 35.5. The molecule has 0 spiro atoms. The van der Waals surface area contributed by atoms with Crippen LogP contribution < -0.4 is 0 Å². The van der Waals surface area contributed by atoms with Crippen LogP contribution >= 0.6 is 23.2 Å². The molecule has 1 fully saturated rings. The molecule has 10 heteroatoms. The number of amides is 2. The lowest BCUT2D eigenvalue weighted by Gasteiger charge is -2.15. The highest BCUT2D eigenvalue weighted by molar-refractivity contribution is 6.40. The van der Waals surface area contributed by atoms with E-state index in [0.29, 0.717) is 29.2 Å². The summed E-state index contributed by atoms with van der Waals surface area (Å²) in [6, 6.07) is 4.82. The van der Waals surface area contributed by atoms with Crippen molar-refractivity contribution in [2.45, 2.75) is 57.8 Å². The summed E-state index contributed by atoms with van der Waals surface area (Å²) < 4.78 is 0. The maximum atomic E-state index is 11.9. The summed E-state index contributed by atoms with van der Waals surface area (Å²) in [5.74, 6) is -1.46.